The van der Waals surface area contributed by atoms with Crippen LogP contribution in [-0.4, -0.2) is 53.8 Å². The van der Waals surface area contributed by atoms with Crippen molar-refractivity contribution in [2.45, 2.75) is 12.5 Å². The molecule has 0 aliphatic rings. The van der Waals surface area contributed by atoms with E-state index in [2.05, 4.69) is 10.1 Å². The van der Waals surface area contributed by atoms with Crippen LogP contribution in [0.3, 0.4) is 0 Å². The Morgan fingerprint density at radius 1 is 1.30 bits per heavy atom. The molecule has 0 atom stereocenters. The minimum Gasteiger partial charge on any atom is -0.465 e. The number of hydrogen-bond acceptors (Lipinski definition) is 7. The standard InChI is InChI=1S/C13H20N2O5/c1-8-3-9(15-13(5-16,6-17)7-18)4-10(11(8)14)12(19)20-2/h3-4,15-18H,5-7,14H2,1-2H3. The topological polar surface area (TPSA) is 125 Å². The molecule has 0 radical (unpaired) electrons. The maximum absolute atomic E-state index is 11.6. The monoisotopic (exact) mass is 284 g/mol. The number of carbonyl (C=O) groups excluding carboxylic acids is 1. The van der Waals surface area contributed by atoms with Crippen LogP contribution in [0.4, 0.5) is 11.4 Å². The van der Waals surface area contributed by atoms with E-state index in [0.29, 0.717) is 16.9 Å². The Morgan fingerprint density at radius 3 is 2.30 bits per heavy atom. The average Bonchev–Trinajstić information content (AvgIpc) is 2.47. The summed E-state index contributed by atoms with van der Waals surface area (Å²) in [5, 5.41) is 30.7. The lowest BCUT2D eigenvalue weighted by Crippen LogP contribution is -2.49. The van der Waals surface area contributed by atoms with Crippen molar-refractivity contribution in [2.75, 3.05) is 38.0 Å². The molecule has 112 valence electrons. The van der Waals surface area contributed by atoms with Crippen LogP contribution < -0.4 is 11.1 Å². The summed E-state index contributed by atoms with van der Waals surface area (Å²) in [6.07, 6.45) is 0. The fourth-order valence-corrected chi connectivity index (χ4v) is 1.72. The first-order valence-corrected chi connectivity index (χ1v) is 6.02. The normalized spacial score (nSPS) is 11.2. The van der Waals surface area contributed by atoms with Gasteiger partial charge >= 0.3 is 5.97 Å². The molecule has 1 aromatic carbocycles. The highest BCUT2D eigenvalue weighted by Gasteiger charge is 2.28. The molecule has 0 saturated heterocycles. The van der Waals surface area contributed by atoms with Gasteiger partial charge in [-0.05, 0) is 24.6 Å². The number of aliphatic hydroxyl groups excluding tert-OH is 3. The van der Waals surface area contributed by atoms with Crippen LogP contribution in [0.2, 0.25) is 0 Å². The van der Waals surface area contributed by atoms with Crippen LogP contribution in [0, 0.1) is 6.92 Å². The van der Waals surface area contributed by atoms with Crippen LogP contribution in [0.25, 0.3) is 0 Å². The van der Waals surface area contributed by atoms with E-state index in [1.165, 1.54) is 13.2 Å². The average molecular weight is 284 g/mol. The first-order valence-electron chi connectivity index (χ1n) is 6.02. The molecule has 0 amide bonds. The van der Waals surface area contributed by atoms with Crippen LogP contribution in [0.1, 0.15) is 15.9 Å². The summed E-state index contributed by atoms with van der Waals surface area (Å²) in [6, 6.07) is 3.10. The molecule has 0 heterocycles. The highest BCUT2D eigenvalue weighted by molar-refractivity contribution is 5.97. The van der Waals surface area contributed by atoms with Gasteiger partial charge in [0, 0.05) is 11.4 Å². The molecule has 0 bridgehead atoms. The van der Waals surface area contributed by atoms with Gasteiger partial charge in [-0.3, -0.25) is 0 Å². The zero-order valence-corrected chi connectivity index (χ0v) is 11.5. The number of rotatable bonds is 6. The first-order chi connectivity index (χ1) is 9.42. The van der Waals surface area contributed by atoms with Crippen LogP contribution in [-0.2, 0) is 4.74 Å². The van der Waals surface area contributed by atoms with Crippen LogP contribution in [0.5, 0.6) is 0 Å². The minimum atomic E-state index is -1.28. The predicted molar refractivity (Wildman–Crippen MR) is 74.5 cm³/mol. The Labute approximate surface area is 117 Å². The molecule has 0 spiro atoms. The molecule has 0 fully saturated rings. The molecule has 6 N–H and O–H groups in total. The third-order valence-electron chi connectivity index (χ3n) is 3.11. The van der Waals surface area contributed by atoms with Gasteiger partial charge < -0.3 is 31.1 Å². The highest BCUT2D eigenvalue weighted by Crippen LogP contribution is 2.25. The zero-order chi connectivity index (χ0) is 15.3. The quantitative estimate of drug-likeness (QED) is 0.352. The summed E-state index contributed by atoms with van der Waals surface area (Å²) in [4.78, 5) is 11.6. The molecule has 7 nitrogen and oxygen atoms in total. The molecule has 0 unspecified atom stereocenters. The number of nitrogen functional groups attached to an aromatic ring is 1. The lowest BCUT2D eigenvalue weighted by atomic mass is 10.0. The summed E-state index contributed by atoms with van der Waals surface area (Å²) in [5.74, 6) is -0.586. The van der Waals surface area contributed by atoms with Crippen molar-refractivity contribution in [3.63, 3.8) is 0 Å². The smallest absolute Gasteiger partial charge is 0.340 e. The molecule has 1 rings (SSSR count). The lowest BCUT2D eigenvalue weighted by Gasteiger charge is -2.30. The Balaban J connectivity index is 3.20. The Morgan fingerprint density at radius 2 is 1.85 bits per heavy atom. The first kappa shape index (κ1) is 16.2. The summed E-state index contributed by atoms with van der Waals surface area (Å²) in [5.41, 5.74) is 6.08. The maximum atomic E-state index is 11.6. The molecular formula is C13H20N2O5. The third kappa shape index (κ3) is 3.19. The SMILES string of the molecule is COC(=O)c1cc(NC(CO)(CO)CO)cc(C)c1N. The summed E-state index contributed by atoms with van der Waals surface area (Å²) in [7, 11) is 1.25. The fraction of sp³-hybridized carbons (Fsp3) is 0.462. The maximum Gasteiger partial charge on any atom is 0.340 e. The van der Waals surface area contributed by atoms with Crippen molar-refractivity contribution in [1.82, 2.24) is 0 Å². The predicted octanol–water partition coefficient (Wildman–Crippen LogP) is -0.509. The molecule has 0 aromatic heterocycles. The zero-order valence-electron chi connectivity index (χ0n) is 11.5. The van der Waals surface area contributed by atoms with Gasteiger partial charge in [-0.2, -0.15) is 0 Å². The molecule has 0 saturated carbocycles. The number of ether oxygens (including phenoxy) is 1. The van der Waals surface area contributed by atoms with E-state index in [1.807, 2.05) is 0 Å². The van der Waals surface area contributed by atoms with Crippen molar-refractivity contribution >= 4 is 17.3 Å². The van der Waals surface area contributed by atoms with Gasteiger partial charge in [-0.15, -0.1) is 0 Å². The van der Waals surface area contributed by atoms with Gasteiger partial charge in [-0.1, -0.05) is 0 Å². The molecule has 1 aromatic rings. The molecule has 0 aliphatic carbocycles. The fourth-order valence-electron chi connectivity index (χ4n) is 1.72. The van der Waals surface area contributed by atoms with Crippen molar-refractivity contribution in [3.8, 4) is 0 Å². The summed E-state index contributed by atoms with van der Waals surface area (Å²) >= 11 is 0. The van der Waals surface area contributed by atoms with Gasteiger partial charge in [0.2, 0.25) is 0 Å². The highest BCUT2D eigenvalue weighted by atomic mass is 16.5. The van der Waals surface area contributed by atoms with E-state index in [0.717, 1.165) is 0 Å². The van der Waals surface area contributed by atoms with Crippen molar-refractivity contribution in [2.24, 2.45) is 0 Å². The van der Waals surface area contributed by atoms with Gasteiger partial charge in [0.25, 0.3) is 0 Å². The Bertz CT molecular complexity index is 478. The van der Waals surface area contributed by atoms with Crippen LogP contribution in [0.15, 0.2) is 12.1 Å². The number of nitrogens with one attached hydrogen (secondary N) is 1. The number of anilines is 2. The number of hydrogen-bond donors (Lipinski definition) is 5. The number of aliphatic hydroxyl groups is 3. The third-order valence-corrected chi connectivity index (χ3v) is 3.11. The molecule has 7 heteroatoms. The molecule has 0 aliphatic heterocycles. The molecular weight excluding hydrogens is 264 g/mol. The number of carbonyl (C=O) groups is 1. The Kier molecular flexibility index (Phi) is 5.32. The van der Waals surface area contributed by atoms with E-state index >= 15 is 0 Å². The van der Waals surface area contributed by atoms with Gasteiger partial charge in [0.1, 0.15) is 5.54 Å². The minimum absolute atomic E-state index is 0.178. The van der Waals surface area contributed by atoms with E-state index in [-0.39, 0.29) is 5.56 Å². The van der Waals surface area contributed by atoms with Gasteiger partial charge in [0.15, 0.2) is 0 Å². The van der Waals surface area contributed by atoms with Crippen molar-refractivity contribution < 1.29 is 24.9 Å². The second-order valence-electron chi connectivity index (χ2n) is 4.63. The van der Waals surface area contributed by atoms with E-state index < -0.39 is 31.3 Å². The molecule has 20 heavy (non-hydrogen) atoms. The number of methoxy groups -OCH3 is 1. The lowest BCUT2D eigenvalue weighted by molar-refractivity contribution is 0.0602. The summed E-state index contributed by atoms with van der Waals surface area (Å²) in [6.45, 7) is 0.288. The second-order valence-corrected chi connectivity index (χ2v) is 4.63. The van der Waals surface area contributed by atoms with Crippen LogP contribution >= 0.6 is 0 Å². The second kappa shape index (κ2) is 6.56. The van der Waals surface area contributed by atoms with Gasteiger partial charge in [0.05, 0.1) is 32.5 Å². The number of benzene rings is 1. The number of esters is 1. The summed E-state index contributed by atoms with van der Waals surface area (Å²) < 4.78 is 4.64. The number of aryl methyl sites for hydroxylation is 1. The Hall–Kier alpha value is -1.83. The largest absolute Gasteiger partial charge is 0.465 e. The van der Waals surface area contributed by atoms with Crippen molar-refractivity contribution in [3.05, 3.63) is 23.3 Å². The van der Waals surface area contributed by atoms with E-state index in [1.54, 1.807) is 13.0 Å². The van der Waals surface area contributed by atoms with E-state index in [9.17, 15) is 20.1 Å². The van der Waals surface area contributed by atoms with Crippen molar-refractivity contribution in [1.29, 1.82) is 0 Å². The van der Waals surface area contributed by atoms with Gasteiger partial charge in [-0.25, -0.2) is 4.79 Å². The van der Waals surface area contributed by atoms with E-state index in [4.69, 9.17) is 5.73 Å². The number of nitrogens with two attached hydrogens (primary N) is 1.